The maximum atomic E-state index is 12.7. The Bertz CT molecular complexity index is 1270. The molecular weight excluding hydrogens is 440 g/mol. The molecule has 7 heteroatoms. The third-order valence-electron chi connectivity index (χ3n) is 6.57. The fraction of sp³-hybridized carbons (Fsp3) is 0.214. The quantitative estimate of drug-likeness (QED) is 0.438. The average Bonchev–Trinajstić information content (AvgIpc) is 2.89. The van der Waals surface area contributed by atoms with Crippen molar-refractivity contribution in [2.75, 3.05) is 50.6 Å². The number of carbonyl (C=O) groups excluding carboxylic acids is 2. The zero-order chi connectivity index (χ0) is 24.4. The van der Waals surface area contributed by atoms with Gasteiger partial charge in [-0.15, -0.1) is 0 Å². The lowest BCUT2D eigenvalue weighted by Gasteiger charge is -2.34. The van der Waals surface area contributed by atoms with Crippen molar-refractivity contribution in [2.24, 2.45) is 0 Å². The van der Waals surface area contributed by atoms with E-state index in [0.717, 1.165) is 48.7 Å². The number of likely N-dealkylation sites (N-methyl/N-ethyl adjacent to an activating group) is 1. The molecule has 1 fully saturated rings. The minimum Gasteiger partial charge on any atom is -0.497 e. The van der Waals surface area contributed by atoms with E-state index in [1.165, 1.54) is 5.69 Å². The van der Waals surface area contributed by atoms with Gasteiger partial charge in [-0.3, -0.25) is 14.9 Å². The molecule has 5 rings (SSSR count). The van der Waals surface area contributed by atoms with Gasteiger partial charge in [-0.2, -0.15) is 0 Å². The summed E-state index contributed by atoms with van der Waals surface area (Å²) in [7, 11) is 3.77. The van der Waals surface area contributed by atoms with E-state index in [0.29, 0.717) is 16.7 Å². The van der Waals surface area contributed by atoms with Crippen molar-refractivity contribution < 1.29 is 14.3 Å². The van der Waals surface area contributed by atoms with E-state index in [1.54, 1.807) is 19.4 Å². The average molecular weight is 469 g/mol. The van der Waals surface area contributed by atoms with Crippen molar-refractivity contribution in [3.63, 3.8) is 0 Å². The van der Waals surface area contributed by atoms with Crippen LogP contribution in [0.25, 0.3) is 16.7 Å². The zero-order valence-electron chi connectivity index (χ0n) is 19.9. The molecular formula is C28H28N4O3. The molecule has 3 aromatic rings. The highest BCUT2D eigenvalue weighted by Gasteiger charge is 2.27. The molecule has 0 aromatic heterocycles. The van der Waals surface area contributed by atoms with Crippen molar-refractivity contribution in [2.45, 2.75) is 0 Å². The Morgan fingerprint density at radius 1 is 0.829 bits per heavy atom. The molecule has 0 aliphatic carbocycles. The first-order chi connectivity index (χ1) is 17.0. The largest absolute Gasteiger partial charge is 0.497 e. The summed E-state index contributed by atoms with van der Waals surface area (Å²) in [5.41, 5.74) is 5.43. The van der Waals surface area contributed by atoms with Gasteiger partial charge in [0.05, 0.1) is 12.7 Å². The van der Waals surface area contributed by atoms with E-state index in [-0.39, 0.29) is 5.91 Å². The van der Waals surface area contributed by atoms with Crippen molar-refractivity contribution >= 4 is 28.8 Å². The van der Waals surface area contributed by atoms with E-state index in [9.17, 15) is 9.59 Å². The number of amides is 2. The third-order valence-corrected chi connectivity index (χ3v) is 6.57. The van der Waals surface area contributed by atoms with Gasteiger partial charge < -0.3 is 19.9 Å². The Morgan fingerprint density at radius 3 is 2.20 bits per heavy atom. The van der Waals surface area contributed by atoms with Gasteiger partial charge in [0.15, 0.2) is 0 Å². The molecule has 2 amide bonds. The van der Waals surface area contributed by atoms with Crippen LogP contribution in [0.5, 0.6) is 5.75 Å². The highest BCUT2D eigenvalue weighted by Crippen LogP contribution is 2.31. The number of methoxy groups -OCH3 is 1. The number of nitrogens with one attached hydrogen (secondary N) is 2. The molecule has 2 N–H and O–H groups in total. The van der Waals surface area contributed by atoms with Crippen LogP contribution in [0.2, 0.25) is 0 Å². The summed E-state index contributed by atoms with van der Waals surface area (Å²) in [6, 6.07) is 21.4. The monoisotopic (exact) mass is 468 g/mol. The molecule has 0 bridgehead atoms. The molecule has 3 aromatic carbocycles. The number of hydrogen-bond donors (Lipinski definition) is 2. The van der Waals surface area contributed by atoms with Crippen molar-refractivity contribution in [3.8, 4) is 16.9 Å². The number of ether oxygens (including phenoxy) is 1. The molecule has 35 heavy (non-hydrogen) atoms. The topological polar surface area (TPSA) is 73.9 Å². The minimum absolute atomic E-state index is 0.389. The molecule has 2 aliphatic heterocycles. The summed E-state index contributed by atoms with van der Waals surface area (Å²) in [5, 5.41) is 5.67. The van der Waals surface area contributed by atoms with Crippen molar-refractivity contribution in [3.05, 3.63) is 84.1 Å². The van der Waals surface area contributed by atoms with E-state index < -0.39 is 5.91 Å². The Hall–Kier alpha value is -4.10. The van der Waals surface area contributed by atoms with Crippen LogP contribution in [0.1, 0.15) is 15.9 Å². The number of piperazine rings is 1. The van der Waals surface area contributed by atoms with Gasteiger partial charge >= 0.3 is 0 Å². The highest BCUT2D eigenvalue weighted by molar-refractivity contribution is 6.31. The maximum Gasteiger partial charge on any atom is 0.260 e. The SMILES string of the molecule is COc1ccc(-c2ccc3c(c2)/C(=C/Nc2ccc(N4CCN(C)CC4)cc2)C(=O)NC3=O)cc1. The van der Waals surface area contributed by atoms with Gasteiger partial charge in [0.2, 0.25) is 0 Å². The number of anilines is 2. The van der Waals surface area contributed by atoms with Gasteiger partial charge in [-0.1, -0.05) is 18.2 Å². The summed E-state index contributed by atoms with van der Waals surface area (Å²) < 4.78 is 5.24. The van der Waals surface area contributed by atoms with Gasteiger partial charge in [0.25, 0.3) is 11.8 Å². The molecule has 1 saturated heterocycles. The standard InChI is InChI=1S/C28H28N4O3/c1-31-13-15-32(16-14-31)22-8-6-21(7-9-22)29-18-26-25-17-20(19-3-10-23(35-2)11-4-19)5-12-24(25)27(33)30-28(26)34/h3-12,17-18,29H,13-16H2,1-2H3,(H,30,33,34)/b26-18-. The second-order valence-corrected chi connectivity index (χ2v) is 8.81. The van der Waals surface area contributed by atoms with Gasteiger partial charge in [0, 0.05) is 54.9 Å². The highest BCUT2D eigenvalue weighted by atomic mass is 16.5. The minimum atomic E-state index is -0.420. The van der Waals surface area contributed by atoms with Crippen molar-refractivity contribution in [1.29, 1.82) is 0 Å². The Balaban J connectivity index is 1.39. The number of benzene rings is 3. The molecule has 0 atom stereocenters. The second-order valence-electron chi connectivity index (χ2n) is 8.81. The number of rotatable bonds is 5. The van der Waals surface area contributed by atoms with E-state index in [4.69, 9.17) is 4.74 Å². The van der Waals surface area contributed by atoms with Gasteiger partial charge in [-0.05, 0) is 66.7 Å². The molecule has 7 nitrogen and oxygen atoms in total. The van der Waals surface area contributed by atoms with Gasteiger partial charge in [0.1, 0.15) is 5.75 Å². The van der Waals surface area contributed by atoms with Crippen LogP contribution >= 0.6 is 0 Å². The Labute approximate surface area is 205 Å². The molecule has 0 radical (unpaired) electrons. The smallest absolute Gasteiger partial charge is 0.260 e. The molecule has 0 saturated carbocycles. The number of imide groups is 1. The normalized spacial score (nSPS) is 17.2. The second kappa shape index (κ2) is 9.64. The summed E-state index contributed by atoms with van der Waals surface area (Å²) >= 11 is 0. The molecule has 0 spiro atoms. The summed E-state index contributed by atoms with van der Waals surface area (Å²) in [4.78, 5) is 29.9. The first kappa shape index (κ1) is 22.7. The molecule has 178 valence electrons. The molecule has 2 aliphatic rings. The van der Waals surface area contributed by atoms with Crippen LogP contribution < -0.4 is 20.3 Å². The summed E-state index contributed by atoms with van der Waals surface area (Å²) in [6.07, 6.45) is 1.67. The number of carbonyl (C=O) groups is 2. The third kappa shape index (κ3) is 4.76. The maximum absolute atomic E-state index is 12.7. The van der Waals surface area contributed by atoms with Crippen LogP contribution in [0, 0.1) is 0 Å². The van der Waals surface area contributed by atoms with Crippen LogP contribution in [0.3, 0.4) is 0 Å². The predicted molar refractivity (Wildman–Crippen MR) is 139 cm³/mol. The molecule has 0 unspecified atom stereocenters. The van der Waals surface area contributed by atoms with Gasteiger partial charge in [-0.25, -0.2) is 0 Å². The van der Waals surface area contributed by atoms with Crippen LogP contribution in [-0.2, 0) is 4.79 Å². The summed E-state index contributed by atoms with van der Waals surface area (Å²) in [5.74, 6) is -0.0411. The number of hydrogen-bond acceptors (Lipinski definition) is 6. The fourth-order valence-electron chi connectivity index (χ4n) is 4.42. The number of fused-ring (bicyclic) bond motifs is 1. The Morgan fingerprint density at radius 2 is 1.51 bits per heavy atom. The van der Waals surface area contributed by atoms with Crippen LogP contribution in [-0.4, -0.2) is 57.1 Å². The first-order valence-electron chi connectivity index (χ1n) is 11.7. The lowest BCUT2D eigenvalue weighted by molar-refractivity contribution is -0.114. The lowest BCUT2D eigenvalue weighted by atomic mass is 9.91. The first-order valence-corrected chi connectivity index (χ1v) is 11.7. The zero-order valence-corrected chi connectivity index (χ0v) is 19.9. The van der Waals surface area contributed by atoms with E-state index in [2.05, 4.69) is 39.6 Å². The predicted octanol–water partition coefficient (Wildman–Crippen LogP) is 3.84. The fourth-order valence-corrected chi connectivity index (χ4v) is 4.42. The summed E-state index contributed by atoms with van der Waals surface area (Å²) in [6.45, 7) is 4.12. The van der Waals surface area contributed by atoms with E-state index in [1.807, 2.05) is 48.5 Å². The van der Waals surface area contributed by atoms with Crippen LogP contribution in [0.15, 0.2) is 72.9 Å². The van der Waals surface area contributed by atoms with Crippen molar-refractivity contribution in [1.82, 2.24) is 10.2 Å². The Kier molecular flexibility index (Phi) is 6.25. The van der Waals surface area contributed by atoms with Crippen LogP contribution in [0.4, 0.5) is 11.4 Å². The number of nitrogens with zero attached hydrogens (tertiary/aromatic N) is 2. The van der Waals surface area contributed by atoms with E-state index >= 15 is 0 Å². The molecule has 2 heterocycles. The lowest BCUT2D eigenvalue weighted by Crippen LogP contribution is -2.44.